The molecule has 2 aromatic rings. The molecule has 1 N–H and O–H groups in total. The predicted octanol–water partition coefficient (Wildman–Crippen LogP) is 3.00. The normalized spacial score (nSPS) is 15.9. The molecule has 1 saturated heterocycles. The van der Waals surface area contributed by atoms with Gasteiger partial charge in [-0.05, 0) is 30.3 Å². The molecule has 1 amide bonds. The summed E-state index contributed by atoms with van der Waals surface area (Å²) < 4.78 is 13.9. The molecule has 1 fully saturated rings. The van der Waals surface area contributed by atoms with E-state index in [-0.39, 0.29) is 20.5 Å². The molecule has 0 saturated carbocycles. The van der Waals surface area contributed by atoms with Crippen molar-refractivity contribution >= 4 is 51.9 Å². The second-order valence-corrected chi connectivity index (χ2v) is 6.70. The molecule has 1 aliphatic rings. The van der Waals surface area contributed by atoms with Crippen molar-refractivity contribution < 1.29 is 24.2 Å². The lowest BCUT2D eigenvalue weighted by Crippen LogP contribution is -2.27. The van der Waals surface area contributed by atoms with Crippen LogP contribution < -0.4 is 10.0 Å². The van der Waals surface area contributed by atoms with Crippen molar-refractivity contribution in [3.63, 3.8) is 0 Å². The van der Waals surface area contributed by atoms with Crippen LogP contribution in [0.15, 0.2) is 47.4 Å². The molecule has 3 rings (SSSR count). The van der Waals surface area contributed by atoms with Gasteiger partial charge in [-0.15, -0.1) is 0 Å². The van der Waals surface area contributed by atoms with Crippen molar-refractivity contribution in [2.75, 3.05) is 4.90 Å². The van der Waals surface area contributed by atoms with Crippen molar-refractivity contribution in [3.8, 4) is 5.75 Å². The Labute approximate surface area is 151 Å². The highest BCUT2D eigenvalue weighted by Gasteiger charge is 2.33. The van der Waals surface area contributed by atoms with E-state index in [0.29, 0.717) is 0 Å². The fourth-order valence-corrected chi connectivity index (χ4v) is 3.54. The zero-order valence-electron chi connectivity index (χ0n) is 12.4. The number of amides is 1. The van der Waals surface area contributed by atoms with Crippen LogP contribution >= 0.6 is 24.0 Å². The fraction of sp³-hybridized carbons (Fsp3) is 0. The molecule has 1 aliphatic heterocycles. The van der Waals surface area contributed by atoms with Crippen LogP contribution in [0.1, 0.15) is 15.9 Å². The quantitative estimate of drug-likeness (QED) is 0.657. The first kappa shape index (κ1) is 17.1. The molecule has 5 nitrogen and oxygen atoms in total. The van der Waals surface area contributed by atoms with Gasteiger partial charge in [0.1, 0.15) is 5.82 Å². The minimum atomic E-state index is -1.35. The van der Waals surface area contributed by atoms with Gasteiger partial charge in [-0.1, -0.05) is 47.9 Å². The number of carboxylic acids is 1. The summed E-state index contributed by atoms with van der Waals surface area (Å²) in [6.45, 7) is 0. The van der Waals surface area contributed by atoms with Gasteiger partial charge in [0.2, 0.25) is 0 Å². The molecule has 0 aromatic heterocycles. The highest BCUT2D eigenvalue weighted by Crippen LogP contribution is 2.37. The molecule has 0 unspecified atom stereocenters. The van der Waals surface area contributed by atoms with Gasteiger partial charge in [0.05, 0.1) is 16.2 Å². The SMILES string of the molecule is O=C(O)c1ccc(N2C(=O)/C(=C/c3ccccc3F)SC2=S)cc1[O-]. The standard InChI is InChI=1S/C17H10FNO4S2/c18-12-4-2-1-3-9(12)7-14-15(21)19(17(24)25-14)10-5-6-11(16(22)23)13(20)8-10/h1-8,20H,(H,22,23)/p-1/b14-7-. The molecule has 0 radical (unpaired) electrons. The van der Waals surface area contributed by atoms with E-state index in [4.69, 9.17) is 17.3 Å². The number of carbonyl (C=O) groups is 2. The average molecular weight is 374 g/mol. The van der Waals surface area contributed by atoms with Crippen LogP contribution in [0.25, 0.3) is 6.08 Å². The molecule has 25 heavy (non-hydrogen) atoms. The first-order valence-corrected chi connectivity index (χ1v) is 8.18. The summed E-state index contributed by atoms with van der Waals surface area (Å²) in [5, 5.41) is 20.7. The second-order valence-electron chi connectivity index (χ2n) is 5.02. The molecular weight excluding hydrogens is 365 g/mol. The maximum Gasteiger partial charge on any atom is 0.335 e. The van der Waals surface area contributed by atoms with E-state index in [1.54, 1.807) is 6.07 Å². The van der Waals surface area contributed by atoms with Crippen LogP contribution in [0.4, 0.5) is 10.1 Å². The largest absolute Gasteiger partial charge is 0.872 e. The number of nitrogens with zero attached hydrogens (tertiary/aromatic N) is 1. The van der Waals surface area contributed by atoms with Crippen LogP contribution in [-0.2, 0) is 4.79 Å². The lowest BCUT2D eigenvalue weighted by molar-refractivity contribution is -0.268. The van der Waals surface area contributed by atoms with E-state index in [0.717, 1.165) is 28.8 Å². The number of rotatable bonds is 3. The van der Waals surface area contributed by atoms with Crippen LogP contribution in [-0.4, -0.2) is 21.3 Å². The number of carboxylic acid groups (broad SMARTS) is 1. The van der Waals surface area contributed by atoms with Crippen LogP contribution in [0.5, 0.6) is 5.75 Å². The molecule has 1 heterocycles. The van der Waals surface area contributed by atoms with E-state index in [2.05, 4.69) is 0 Å². The Morgan fingerprint density at radius 3 is 2.64 bits per heavy atom. The summed E-state index contributed by atoms with van der Waals surface area (Å²) in [6, 6.07) is 9.49. The highest BCUT2D eigenvalue weighted by molar-refractivity contribution is 8.27. The number of thioether (sulfide) groups is 1. The predicted molar refractivity (Wildman–Crippen MR) is 94.9 cm³/mol. The van der Waals surface area contributed by atoms with Crippen LogP contribution in [0, 0.1) is 5.82 Å². The average Bonchev–Trinajstić information content (AvgIpc) is 2.83. The fourth-order valence-electron chi connectivity index (χ4n) is 2.25. The Morgan fingerprint density at radius 1 is 1.28 bits per heavy atom. The third-order valence-corrected chi connectivity index (χ3v) is 4.74. The number of anilines is 1. The molecule has 0 spiro atoms. The van der Waals surface area contributed by atoms with Gasteiger partial charge in [0.25, 0.3) is 5.91 Å². The van der Waals surface area contributed by atoms with Crippen molar-refractivity contribution in [1.29, 1.82) is 0 Å². The van der Waals surface area contributed by atoms with E-state index in [1.165, 1.54) is 30.3 Å². The van der Waals surface area contributed by atoms with Gasteiger partial charge in [-0.2, -0.15) is 0 Å². The van der Waals surface area contributed by atoms with E-state index in [9.17, 15) is 19.1 Å². The summed E-state index contributed by atoms with van der Waals surface area (Å²) in [5.41, 5.74) is 0.0271. The molecule has 0 atom stereocenters. The van der Waals surface area contributed by atoms with Crippen molar-refractivity contribution in [3.05, 3.63) is 64.3 Å². The van der Waals surface area contributed by atoms with Gasteiger partial charge >= 0.3 is 5.97 Å². The first-order chi connectivity index (χ1) is 11.9. The number of carbonyl (C=O) groups excluding carboxylic acids is 1. The summed E-state index contributed by atoms with van der Waals surface area (Å²) in [5.74, 6) is -3.04. The van der Waals surface area contributed by atoms with Gasteiger partial charge in [-0.3, -0.25) is 9.69 Å². The molecular formula is C17H9FNO4S2-. The third kappa shape index (κ3) is 3.26. The Bertz CT molecular complexity index is 942. The van der Waals surface area contributed by atoms with Gasteiger partial charge in [-0.25, -0.2) is 9.18 Å². The summed E-state index contributed by atoms with van der Waals surface area (Å²) in [7, 11) is 0. The monoisotopic (exact) mass is 374 g/mol. The van der Waals surface area contributed by atoms with Gasteiger partial charge in [0, 0.05) is 5.56 Å². The highest BCUT2D eigenvalue weighted by atomic mass is 32.2. The Morgan fingerprint density at radius 2 is 2.00 bits per heavy atom. The molecule has 0 aliphatic carbocycles. The maximum absolute atomic E-state index is 13.8. The zero-order chi connectivity index (χ0) is 18.1. The lowest BCUT2D eigenvalue weighted by atomic mass is 10.1. The van der Waals surface area contributed by atoms with Crippen molar-refractivity contribution in [2.45, 2.75) is 0 Å². The molecule has 2 aromatic carbocycles. The number of benzene rings is 2. The smallest absolute Gasteiger partial charge is 0.335 e. The molecule has 0 bridgehead atoms. The Balaban J connectivity index is 1.96. The summed E-state index contributed by atoms with van der Waals surface area (Å²) in [4.78, 5) is 24.8. The van der Waals surface area contributed by atoms with Gasteiger partial charge in [0.15, 0.2) is 4.32 Å². The number of hydrogen-bond donors (Lipinski definition) is 1. The zero-order valence-corrected chi connectivity index (χ0v) is 14.1. The Kier molecular flexibility index (Phi) is 4.56. The number of hydrogen-bond acceptors (Lipinski definition) is 5. The second kappa shape index (κ2) is 6.66. The molecule has 126 valence electrons. The topological polar surface area (TPSA) is 80.7 Å². The van der Waals surface area contributed by atoms with Crippen LogP contribution in [0.3, 0.4) is 0 Å². The van der Waals surface area contributed by atoms with Crippen molar-refractivity contribution in [1.82, 2.24) is 0 Å². The van der Waals surface area contributed by atoms with Crippen LogP contribution in [0.2, 0.25) is 0 Å². The summed E-state index contributed by atoms with van der Waals surface area (Å²) >= 11 is 6.15. The number of halogens is 1. The van der Waals surface area contributed by atoms with Gasteiger partial charge < -0.3 is 10.2 Å². The summed E-state index contributed by atoms with van der Waals surface area (Å²) in [6.07, 6.45) is 1.39. The minimum absolute atomic E-state index is 0.175. The maximum atomic E-state index is 13.8. The van der Waals surface area contributed by atoms with E-state index < -0.39 is 29.0 Å². The van der Waals surface area contributed by atoms with Crippen molar-refractivity contribution in [2.24, 2.45) is 0 Å². The first-order valence-electron chi connectivity index (χ1n) is 6.95. The lowest BCUT2D eigenvalue weighted by Gasteiger charge is -2.18. The molecule has 8 heteroatoms. The minimum Gasteiger partial charge on any atom is -0.872 e. The number of aromatic carboxylic acids is 1. The van der Waals surface area contributed by atoms with E-state index in [1.807, 2.05) is 0 Å². The van der Waals surface area contributed by atoms with E-state index >= 15 is 0 Å². The number of thiocarbonyl (C=S) groups is 1. The third-order valence-electron chi connectivity index (χ3n) is 3.44. The Hall–Kier alpha value is -2.71.